The number of ether oxygens (including phenoxy) is 1. The first-order valence-electron chi connectivity index (χ1n) is 8.14. The van der Waals surface area contributed by atoms with Crippen molar-refractivity contribution in [3.05, 3.63) is 35.4 Å². The summed E-state index contributed by atoms with van der Waals surface area (Å²) in [5.74, 6) is 0.837. The van der Waals surface area contributed by atoms with Crippen molar-refractivity contribution < 1.29 is 4.74 Å². The summed E-state index contributed by atoms with van der Waals surface area (Å²) in [6.07, 6.45) is 6.11. The molecule has 2 rings (SSSR count). The Kier molecular flexibility index (Phi) is 6.55. The van der Waals surface area contributed by atoms with Crippen LogP contribution in [0.15, 0.2) is 24.3 Å². The van der Waals surface area contributed by atoms with Gasteiger partial charge in [0.2, 0.25) is 0 Å². The standard InChI is InChI=1S/C18H29NO/c1-3-10-19-18(14-17-8-11-20-12-9-17)13-16-6-4-15(2)5-7-16/h4-7,17-19H,3,8-14H2,1-2H3. The van der Waals surface area contributed by atoms with Gasteiger partial charge in [0, 0.05) is 19.3 Å². The molecule has 0 saturated carbocycles. The summed E-state index contributed by atoms with van der Waals surface area (Å²) in [5.41, 5.74) is 2.80. The molecule has 1 aromatic rings. The summed E-state index contributed by atoms with van der Waals surface area (Å²) in [6.45, 7) is 7.42. The van der Waals surface area contributed by atoms with Gasteiger partial charge in [0.25, 0.3) is 0 Å². The summed E-state index contributed by atoms with van der Waals surface area (Å²) in [6, 6.07) is 9.61. The maximum atomic E-state index is 5.47. The normalized spacial score (nSPS) is 18.1. The molecule has 1 aliphatic rings. The lowest BCUT2D eigenvalue weighted by Gasteiger charge is -2.27. The van der Waals surface area contributed by atoms with E-state index in [1.807, 2.05) is 0 Å². The zero-order chi connectivity index (χ0) is 14.2. The minimum Gasteiger partial charge on any atom is -0.381 e. The summed E-state index contributed by atoms with van der Waals surface area (Å²) in [5, 5.41) is 3.74. The van der Waals surface area contributed by atoms with Crippen LogP contribution in [-0.4, -0.2) is 25.8 Å². The van der Waals surface area contributed by atoms with Crippen LogP contribution < -0.4 is 5.32 Å². The molecule has 20 heavy (non-hydrogen) atoms. The van der Waals surface area contributed by atoms with Crippen molar-refractivity contribution >= 4 is 0 Å². The van der Waals surface area contributed by atoms with Gasteiger partial charge in [-0.3, -0.25) is 0 Å². The Morgan fingerprint density at radius 1 is 1.20 bits per heavy atom. The average Bonchev–Trinajstić information content (AvgIpc) is 2.48. The van der Waals surface area contributed by atoms with Crippen molar-refractivity contribution in [1.82, 2.24) is 5.32 Å². The van der Waals surface area contributed by atoms with Crippen LogP contribution >= 0.6 is 0 Å². The van der Waals surface area contributed by atoms with Gasteiger partial charge in [0.1, 0.15) is 0 Å². The Balaban J connectivity index is 1.89. The van der Waals surface area contributed by atoms with E-state index in [2.05, 4.69) is 43.4 Å². The highest BCUT2D eigenvalue weighted by Gasteiger charge is 2.19. The van der Waals surface area contributed by atoms with Crippen LogP contribution in [0, 0.1) is 12.8 Å². The van der Waals surface area contributed by atoms with Crippen molar-refractivity contribution in [2.24, 2.45) is 5.92 Å². The number of hydrogen-bond donors (Lipinski definition) is 1. The van der Waals surface area contributed by atoms with Gasteiger partial charge in [0.15, 0.2) is 0 Å². The molecule has 0 radical (unpaired) electrons. The van der Waals surface area contributed by atoms with Crippen LogP contribution in [0.1, 0.15) is 43.7 Å². The summed E-state index contributed by atoms with van der Waals surface area (Å²) in [7, 11) is 0. The molecule has 1 heterocycles. The third-order valence-electron chi connectivity index (χ3n) is 4.24. The van der Waals surface area contributed by atoms with Gasteiger partial charge >= 0.3 is 0 Å². The second kappa shape index (κ2) is 8.43. The molecule has 1 saturated heterocycles. The molecule has 2 heteroatoms. The van der Waals surface area contributed by atoms with Crippen LogP contribution in [-0.2, 0) is 11.2 Å². The molecule has 2 nitrogen and oxygen atoms in total. The van der Waals surface area contributed by atoms with Crippen LogP contribution in [0.3, 0.4) is 0 Å². The second-order valence-corrected chi connectivity index (χ2v) is 6.13. The van der Waals surface area contributed by atoms with Crippen molar-refractivity contribution in [3.8, 4) is 0 Å². The first-order chi connectivity index (χ1) is 9.78. The molecule has 1 aliphatic heterocycles. The Morgan fingerprint density at radius 3 is 2.55 bits per heavy atom. The van der Waals surface area contributed by atoms with Gasteiger partial charge in [0.05, 0.1) is 0 Å². The molecular formula is C18H29NO. The molecule has 1 aromatic carbocycles. The quantitative estimate of drug-likeness (QED) is 0.819. The highest BCUT2D eigenvalue weighted by molar-refractivity contribution is 5.22. The lowest BCUT2D eigenvalue weighted by molar-refractivity contribution is 0.0605. The molecule has 112 valence electrons. The first kappa shape index (κ1) is 15.5. The zero-order valence-electron chi connectivity index (χ0n) is 13.0. The number of rotatable bonds is 7. The van der Waals surface area contributed by atoms with Crippen molar-refractivity contribution in [1.29, 1.82) is 0 Å². The van der Waals surface area contributed by atoms with E-state index < -0.39 is 0 Å². The van der Waals surface area contributed by atoms with Crippen LogP contribution in [0.25, 0.3) is 0 Å². The van der Waals surface area contributed by atoms with E-state index >= 15 is 0 Å². The van der Waals surface area contributed by atoms with Gasteiger partial charge in [-0.15, -0.1) is 0 Å². The van der Waals surface area contributed by atoms with Crippen molar-refractivity contribution in [2.45, 2.75) is 52.0 Å². The maximum absolute atomic E-state index is 5.47. The van der Waals surface area contributed by atoms with E-state index in [4.69, 9.17) is 4.74 Å². The summed E-state index contributed by atoms with van der Waals surface area (Å²) < 4.78 is 5.47. The topological polar surface area (TPSA) is 21.3 Å². The molecule has 0 aliphatic carbocycles. The molecule has 1 unspecified atom stereocenters. The van der Waals surface area contributed by atoms with Crippen LogP contribution in [0.4, 0.5) is 0 Å². The zero-order valence-corrected chi connectivity index (χ0v) is 13.0. The Bertz CT molecular complexity index is 368. The minimum atomic E-state index is 0.612. The fraction of sp³-hybridized carbons (Fsp3) is 0.667. The predicted molar refractivity (Wildman–Crippen MR) is 85.1 cm³/mol. The number of benzene rings is 1. The van der Waals surface area contributed by atoms with Crippen molar-refractivity contribution in [2.75, 3.05) is 19.8 Å². The van der Waals surface area contributed by atoms with Gasteiger partial charge in [-0.05, 0) is 57.1 Å². The van der Waals surface area contributed by atoms with E-state index in [1.54, 1.807) is 0 Å². The first-order valence-corrected chi connectivity index (χ1v) is 8.14. The Hall–Kier alpha value is -0.860. The van der Waals surface area contributed by atoms with Gasteiger partial charge in [-0.1, -0.05) is 36.8 Å². The number of aryl methyl sites for hydroxylation is 1. The lowest BCUT2D eigenvalue weighted by Crippen LogP contribution is -2.35. The Labute approximate surface area is 123 Å². The fourth-order valence-electron chi connectivity index (χ4n) is 2.98. The largest absolute Gasteiger partial charge is 0.381 e. The van der Waals surface area contributed by atoms with E-state index in [0.29, 0.717) is 6.04 Å². The predicted octanol–water partition coefficient (Wildman–Crippen LogP) is 3.72. The smallest absolute Gasteiger partial charge is 0.0468 e. The van der Waals surface area contributed by atoms with E-state index in [1.165, 1.54) is 36.8 Å². The summed E-state index contributed by atoms with van der Waals surface area (Å²) in [4.78, 5) is 0. The van der Waals surface area contributed by atoms with Crippen molar-refractivity contribution in [3.63, 3.8) is 0 Å². The lowest BCUT2D eigenvalue weighted by atomic mass is 9.89. The average molecular weight is 275 g/mol. The SMILES string of the molecule is CCCNC(Cc1ccc(C)cc1)CC1CCOCC1. The van der Waals surface area contributed by atoms with Crippen LogP contribution in [0.5, 0.6) is 0 Å². The van der Waals surface area contributed by atoms with Gasteiger partial charge in [-0.25, -0.2) is 0 Å². The fourth-order valence-corrected chi connectivity index (χ4v) is 2.98. The molecule has 0 spiro atoms. The third-order valence-corrected chi connectivity index (χ3v) is 4.24. The molecule has 1 atom stereocenters. The Morgan fingerprint density at radius 2 is 1.90 bits per heavy atom. The molecule has 1 N–H and O–H groups in total. The summed E-state index contributed by atoms with van der Waals surface area (Å²) >= 11 is 0. The van der Waals surface area contributed by atoms with E-state index in [0.717, 1.165) is 32.1 Å². The highest BCUT2D eigenvalue weighted by atomic mass is 16.5. The van der Waals surface area contributed by atoms with Gasteiger partial charge < -0.3 is 10.1 Å². The third kappa shape index (κ3) is 5.26. The molecule has 1 fully saturated rings. The van der Waals surface area contributed by atoms with E-state index in [-0.39, 0.29) is 0 Å². The molecular weight excluding hydrogens is 246 g/mol. The molecule has 0 aromatic heterocycles. The maximum Gasteiger partial charge on any atom is 0.0468 e. The number of hydrogen-bond acceptors (Lipinski definition) is 2. The second-order valence-electron chi connectivity index (χ2n) is 6.13. The highest BCUT2D eigenvalue weighted by Crippen LogP contribution is 2.22. The number of nitrogens with one attached hydrogen (secondary N) is 1. The molecule has 0 amide bonds. The van der Waals surface area contributed by atoms with E-state index in [9.17, 15) is 0 Å². The monoisotopic (exact) mass is 275 g/mol. The minimum absolute atomic E-state index is 0.612. The van der Waals surface area contributed by atoms with Gasteiger partial charge in [-0.2, -0.15) is 0 Å². The molecule has 0 bridgehead atoms. The van der Waals surface area contributed by atoms with Crippen LogP contribution in [0.2, 0.25) is 0 Å².